The number of fused-ring (bicyclic) bond motifs is 1. The summed E-state index contributed by atoms with van der Waals surface area (Å²) in [5.41, 5.74) is 1.32. The summed E-state index contributed by atoms with van der Waals surface area (Å²) in [4.78, 5) is 16.7. The Kier molecular flexibility index (Phi) is 4.03. The van der Waals surface area contributed by atoms with Gasteiger partial charge < -0.3 is 9.73 Å². The molecule has 0 saturated carbocycles. The molecule has 4 aromatic rings. The summed E-state index contributed by atoms with van der Waals surface area (Å²) in [5, 5.41) is 3.37. The Labute approximate surface area is 146 Å². The number of furan rings is 1. The number of para-hydroxylation sites is 1. The van der Waals surface area contributed by atoms with Gasteiger partial charge in [0.15, 0.2) is 16.5 Å². The molecule has 2 aromatic heterocycles. The number of nitrogens with zero attached hydrogens (tertiary/aromatic N) is 1. The molecule has 0 radical (unpaired) electrons. The molecule has 1 amide bonds. The molecule has 4 rings (SSSR count). The highest BCUT2D eigenvalue weighted by Gasteiger charge is 2.15. The number of amides is 1. The first-order chi connectivity index (χ1) is 12.2. The van der Waals surface area contributed by atoms with Crippen molar-refractivity contribution in [2.75, 3.05) is 0 Å². The molecule has 0 atom stereocenters. The molecule has 2 aromatic carbocycles. The second kappa shape index (κ2) is 6.49. The minimum Gasteiger partial charge on any atom is -0.448 e. The standard InChI is InChI=1S/C19H13FN2O2S/c20-13-6-2-1-5-12(13)11-21-18(23)15-9-10-16(24-15)19-22-14-7-3-4-8-17(14)25-19/h1-10H,11H2,(H,21,23). The van der Waals surface area contributed by atoms with E-state index in [2.05, 4.69) is 10.3 Å². The van der Waals surface area contributed by atoms with Crippen LogP contribution in [-0.2, 0) is 6.54 Å². The molecule has 0 spiro atoms. The molecule has 0 unspecified atom stereocenters. The van der Waals surface area contributed by atoms with E-state index in [1.54, 1.807) is 30.3 Å². The SMILES string of the molecule is O=C(NCc1ccccc1F)c1ccc(-c2nc3ccccc3s2)o1. The van der Waals surface area contributed by atoms with Crippen LogP contribution in [0, 0.1) is 5.82 Å². The number of hydrogen-bond donors (Lipinski definition) is 1. The molecule has 124 valence electrons. The minimum atomic E-state index is -0.393. The van der Waals surface area contributed by atoms with Crippen LogP contribution in [0.3, 0.4) is 0 Å². The molecule has 0 aliphatic heterocycles. The fraction of sp³-hybridized carbons (Fsp3) is 0.0526. The largest absolute Gasteiger partial charge is 0.448 e. The molecule has 6 heteroatoms. The molecule has 0 fully saturated rings. The number of aromatic nitrogens is 1. The molecule has 0 saturated heterocycles. The summed E-state index contributed by atoms with van der Waals surface area (Å²) >= 11 is 1.50. The summed E-state index contributed by atoms with van der Waals surface area (Å²) in [5.74, 6) is -0.0316. The van der Waals surface area contributed by atoms with E-state index < -0.39 is 5.91 Å². The van der Waals surface area contributed by atoms with Gasteiger partial charge in [-0.3, -0.25) is 4.79 Å². The van der Waals surface area contributed by atoms with Crippen molar-refractivity contribution in [3.8, 4) is 10.8 Å². The lowest BCUT2D eigenvalue weighted by molar-refractivity contribution is 0.0923. The van der Waals surface area contributed by atoms with Crippen LogP contribution >= 0.6 is 11.3 Å². The van der Waals surface area contributed by atoms with E-state index in [4.69, 9.17) is 4.42 Å². The molecule has 2 heterocycles. The average Bonchev–Trinajstić information content (AvgIpc) is 3.27. The fourth-order valence-corrected chi connectivity index (χ4v) is 3.38. The topological polar surface area (TPSA) is 55.1 Å². The van der Waals surface area contributed by atoms with Gasteiger partial charge in [0.05, 0.1) is 10.2 Å². The Hall–Kier alpha value is -2.99. The number of benzene rings is 2. The molecular weight excluding hydrogens is 339 g/mol. The predicted octanol–water partition coefficient (Wildman–Crippen LogP) is 4.63. The van der Waals surface area contributed by atoms with Crippen LogP contribution in [0.2, 0.25) is 0 Å². The van der Waals surface area contributed by atoms with Gasteiger partial charge in [-0.05, 0) is 30.3 Å². The third kappa shape index (κ3) is 3.16. The Bertz CT molecular complexity index is 1020. The number of halogens is 1. The number of carbonyl (C=O) groups excluding carboxylic acids is 1. The van der Waals surface area contributed by atoms with Gasteiger partial charge in [0.1, 0.15) is 5.82 Å². The monoisotopic (exact) mass is 352 g/mol. The lowest BCUT2D eigenvalue weighted by Gasteiger charge is -2.04. The first kappa shape index (κ1) is 15.5. The van der Waals surface area contributed by atoms with E-state index >= 15 is 0 Å². The number of rotatable bonds is 4. The van der Waals surface area contributed by atoms with Crippen molar-refractivity contribution in [1.29, 1.82) is 0 Å². The second-order valence-electron chi connectivity index (χ2n) is 5.42. The fourth-order valence-electron chi connectivity index (χ4n) is 2.46. The maximum Gasteiger partial charge on any atom is 0.287 e. The van der Waals surface area contributed by atoms with E-state index in [1.807, 2.05) is 24.3 Å². The van der Waals surface area contributed by atoms with Gasteiger partial charge in [0, 0.05) is 12.1 Å². The van der Waals surface area contributed by atoms with Gasteiger partial charge in [0.2, 0.25) is 0 Å². The van der Waals surface area contributed by atoms with Crippen molar-refractivity contribution in [3.63, 3.8) is 0 Å². The van der Waals surface area contributed by atoms with Crippen LogP contribution in [0.5, 0.6) is 0 Å². The molecule has 0 aliphatic rings. The van der Waals surface area contributed by atoms with E-state index in [0.717, 1.165) is 10.2 Å². The van der Waals surface area contributed by atoms with Crippen molar-refractivity contribution < 1.29 is 13.6 Å². The number of nitrogens with one attached hydrogen (secondary N) is 1. The van der Waals surface area contributed by atoms with Crippen molar-refractivity contribution in [2.45, 2.75) is 6.54 Å². The summed E-state index contributed by atoms with van der Waals surface area (Å²) < 4.78 is 20.3. The molecule has 0 bridgehead atoms. The van der Waals surface area contributed by atoms with Gasteiger partial charge in [-0.2, -0.15) is 0 Å². The quantitative estimate of drug-likeness (QED) is 0.583. The van der Waals surface area contributed by atoms with Crippen LogP contribution in [0.25, 0.3) is 21.0 Å². The van der Waals surface area contributed by atoms with Crippen molar-refractivity contribution in [3.05, 3.63) is 77.8 Å². The first-order valence-electron chi connectivity index (χ1n) is 7.68. The Balaban J connectivity index is 1.50. The molecule has 1 N–H and O–H groups in total. The smallest absolute Gasteiger partial charge is 0.287 e. The van der Waals surface area contributed by atoms with Gasteiger partial charge in [-0.1, -0.05) is 30.3 Å². The van der Waals surface area contributed by atoms with E-state index in [-0.39, 0.29) is 18.1 Å². The Morgan fingerprint density at radius 1 is 1.08 bits per heavy atom. The summed E-state index contributed by atoms with van der Waals surface area (Å²) in [6.07, 6.45) is 0. The van der Waals surface area contributed by atoms with Gasteiger partial charge in [-0.15, -0.1) is 11.3 Å². The molecule has 0 aliphatic carbocycles. The van der Waals surface area contributed by atoms with Crippen LogP contribution in [0.15, 0.2) is 65.1 Å². The average molecular weight is 352 g/mol. The van der Waals surface area contributed by atoms with E-state index in [0.29, 0.717) is 16.3 Å². The zero-order valence-corrected chi connectivity index (χ0v) is 13.8. The lowest BCUT2D eigenvalue weighted by Crippen LogP contribution is -2.22. The van der Waals surface area contributed by atoms with Gasteiger partial charge >= 0.3 is 0 Å². The first-order valence-corrected chi connectivity index (χ1v) is 8.50. The second-order valence-corrected chi connectivity index (χ2v) is 6.46. The third-order valence-corrected chi connectivity index (χ3v) is 4.78. The third-order valence-electron chi connectivity index (χ3n) is 3.73. The summed E-state index contributed by atoms with van der Waals surface area (Å²) in [6, 6.07) is 17.4. The zero-order valence-electron chi connectivity index (χ0n) is 13.0. The summed E-state index contributed by atoms with van der Waals surface area (Å²) in [7, 11) is 0. The predicted molar refractivity (Wildman–Crippen MR) is 94.9 cm³/mol. The Morgan fingerprint density at radius 3 is 2.72 bits per heavy atom. The minimum absolute atomic E-state index is 0.0999. The van der Waals surface area contributed by atoms with Crippen LogP contribution in [0.4, 0.5) is 4.39 Å². The summed E-state index contributed by atoms with van der Waals surface area (Å²) in [6.45, 7) is 0.0999. The molecule has 4 nitrogen and oxygen atoms in total. The van der Waals surface area contributed by atoms with Crippen molar-refractivity contribution >= 4 is 27.5 Å². The maximum atomic E-state index is 13.6. The molecular formula is C19H13FN2O2S. The Morgan fingerprint density at radius 2 is 1.88 bits per heavy atom. The number of carbonyl (C=O) groups is 1. The van der Waals surface area contributed by atoms with E-state index in [9.17, 15) is 9.18 Å². The maximum absolute atomic E-state index is 13.6. The van der Waals surface area contributed by atoms with E-state index in [1.165, 1.54) is 17.4 Å². The van der Waals surface area contributed by atoms with Gasteiger partial charge in [-0.25, -0.2) is 9.37 Å². The van der Waals surface area contributed by atoms with Crippen molar-refractivity contribution in [1.82, 2.24) is 10.3 Å². The van der Waals surface area contributed by atoms with Gasteiger partial charge in [0.25, 0.3) is 5.91 Å². The molecule has 25 heavy (non-hydrogen) atoms. The van der Waals surface area contributed by atoms with Crippen LogP contribution < -0.4 is 5.32 Å². The van der Waals surface area contributed by atoms with Crippen LogP contribution in [0.1, 0.15) is 16.1 Å². The number of thiazole rings is 1. The number of hydrogen-bond acceptors (Lipinski definition) is 4. The zero-order chi connectivity index (χ0) is 17.2. The van der Waals surface area contributed by atoms with Crippen LogP contribution in [-0.4, -0.2) is 10.9 Å². The lowest BCUT2D eigenvalue weighted by atomic mass is 10.2. The normalized spacial score (nSPS) is 10.9. The highest BCUT2D eigenvalue weighted by Crippen LogP contribution is 2.31. The van der Waals surface area contributed by atoms with Crippen molar-refractivity contribution in [2.24, 2.45) is 0 Å². The highest BCUT2D eigenvalue weighted by molar-refractivity contribution is 7.21. The highest BCUT2D eigenvalue weighted by atomic mass is 32.1.